The van der Waals surface area contributed by atoms with Crippen LogP contribution in [0.15, 0.2) is 10.2 Å². The molecule has 0 aliphatic rings. The molecule has 0 amide bonds. The lowest BCUT2D eigenvalue weighted by molar-refractivity contribution is -0.120. The fourth-order valence-electron chi connectivity index (χ4n) is 2.69. The van der Waals surface area contributed by atoms with Crippen LogP contribution in [0.3, 0.4) is 0 Å². The summed E-state index contributed by atoms with van der Waals surface area (Å²) in [4.78, 5) is 5.36. The Bertz CT molecular complexity index is 551. The molecule has 0 bridgehead atoms. The molecule has 16 heteroatoms. The van der Waals surface area contributed by atoms with Crippen LogP contribution in [0.1, 0.15) is 0 Å². The predicted molar refractivity (Wildman–Crippen MR) is 138 cm³/mol. The summed E-state index contributed by atoms with van der Waals surface area (Å²) in [5.74, 6) is 0.836. The predicted octanol–water partition coefficient (Wildman–Crippen LogP) is 3.20. The zero-order valence-corrected chi connectivity index (χ0v) is 22.9. The van der Waals surface area contributed by atoms with Gasteiger partial charge in [-0.3, -0.25) is 0 Å². The first-order valence-electron chi connectivity index (χ1n) is 12.0. The van der Waals surface area contributed by atoms with Gasteiger partial charge in [0.15, 0.2) is 0 Å². The van der Waals surface area contributed by atoms with Crippen LogP contribution in [0.5, 0.6) is 0 Å². The van der Waals surface area contributed by atoms with Gasteiger partial charge in [-0.15, -0.1) is 23.2 Å². The first kappa shape index (κ1) is 35.9. The Morgan fingerprint density at radius 2 is 0.757 bits per heavy atom. The Morgan fingerprint density at radius 3 is 1.05 bits per heavy atom. The number of nitrogens with zero attached hydrogens (tertiary/aromatic N) is 6. The molecule has 0 N–H and O–H groups in total. The van der Waals surface area contributed by atoms with Crippen LogP contribution < -0.4 is 0 Å². The highest BCUT2D eigenvalue weighted by molar-refractivity contribution is 6.18. The van der Waals surface area contributed by atoms with Crippen molar-refractivity contribution in [3.8, 4) is 0 Å². The van der Waals surface area contributed by atoms with E-state index in [4.69, 9.17) is 72.2 Å². The lowest BCUT2D eigenvalue weighted by Crippen LogP contribution is -2.43. The Hall–Kier alpha value is -1.12. The first-order chi connectivity index (χ1) is 18.2. The van der Waals surface area contributed by atoms with E-state index >= 15 is 0 Å². The Labute approximate surface area is 228 Å². The number of ether oxygens (including phenoxy) is 8. The number of halogens is 2. The lowest BCUT2D eigenvalue weighted by atomic mass is 9.92. The lowest BCUT2D eigenvalue weighted by Gasteiger charge is -2.33. The van der Waals surface area contributed by atoms with Gasteiger partial charge in [-0.1, -0.05) is 10.2 Å². The van der Waals surface area contributed by atoms with Crippen molar-refractivity contribution in [3.63, 3.8) is 0 Å². The molecule has 0 aliphatic heterocycles. The number of rotatable bonds is 30. The molecule has 0 saturated heterocycles. The Kier molecular flexibility index (Phi) is 28.5. The van der Waals surface area contributed by atoms with Crippen molar-refractivity contribution >= 4 is 23.2 Å². The SMILES string of the molecule is [N-]=[N+]=NCCOCCOCC(COCCOCCCl)(COCCOCCCl)COCCOCCN=[N+]=[N-]. The van der Waals surface area contributed by atoms with Crippen LogP contribution in [0, 0.1) is 5.41 Å². The van der Waals surface area contributed by atoms with Gasteiger partial charge >= 0.3 is 0 Å². The third-order valence-electron chi connectivity index (χ3n) is 4.36. The summed E-state index contributed by atoms with van der Waals surface area (Å²) < 4.78 is 45.0. The van der Waals surface area contributed by atoms with Crippen LogP contribution in [0.4, 0.5) is 0 Å². The minimum absolute atomic E-state index is 0.262. The molecule has 0 aromatic carbocycles. The number of hydrogen-bond donors (Lipinski definition) is 0. The van der Waals surface area contributed by atoms with Gasteiger partial charge in [-0.25, -0.2) is 0 Å². The molecule has 0 unspecified atom stereocenters. The standard InChI is InChI=1S/C21H40Cl2N6O8/c22-1-5-30-9-13-34-17-21(18-35-14-10-31-6-2-23,19-36-15-11-32-7-3-26-28-24)20-37-16-12-33-8-4-27-29-25/h1-20H2. The van der Waals surface area contributed by atoms with Gasteiger partial charge in [0.2, 0.25) is 0 Å². The highest BCUT2D eigenvalue weighted by Gasteiger charge is 2.32. The molecule has 0 saturated carbocycles. The molecule has 0 heterocycles. The summed E-state index contributed by atoms with van der Waals surface area (Å²) in [6, 6.07) is 0. The van der Waals surface area contributed by atoms with Crippen molar-refractivity contribution in [2.45, 2.75) is 0 Å². The molecular weight excluding hydrogens is 535 g/mol. The molecule has 37 heavy (non-hydrogen) atoms. The molecular formula is C21H40Cl2N6O8. The molecule has 0 aromatic heterocycles. The van der Waals surface area contributed by atoms with Gasteiger partial charge in [0.1, 0.15) is 0 Å². The third kappa shape index (κ3) is 24.9. The van der Waals surface area contributed by atoms with Gasteiger partial charge in [-0.05, 0) is 11.1 Å². The average Bonchev–Trinajstić information content (AvgIpc) is 2.91. The second-order valence-corrected chi connectivity index (χ2v) is 8.20. The van der Waals surface area contributed by atoms with Crippen LogP contribution in [-0.2, 0) is 37.9 Å². The van der Waals surface area contributed by atoms with Crippen molar-refractivity contribution in [3.05, 3.63) is 20.9 Å². The van der Waals surface area contributed by atoms with Crippen LogP contribution in [-0.4, -0.2) is 131 Å². The summed E-state index contributed by atoms with van der Waals surface area (Å²) in [6.07, 6.45) is 0. The van der Waals surface area contributed by atoms with Crippen molar-refractivity contribution in [1.82, 2.24) is 0 Å². The van der Waals surface area contributed by atoms with Gasteiger partial charge in [0, 0.05) is 34.7 Å². The number of azide groups is 2. The second kappa shape index (κ2) is 29.4. The molecule has 0 atom stereocenters. The van der Waals surface area contributed by atoms with E-state index in [9.17, 15) is 0 Å². The topological polar surface area (TPSA) is 171 Å². The van der Waals surface area contributed by atoms with Crippen LogP contribution in [0.2, 0.25) is 0 Å². The van der Waals surface area contributed by atoms with Crippen LogP contribution in [0.25, 0.3) is 20.9 Å². The summed E-state index contributed by atoms with van der Waals surface area (Å²) in [5, 5.41) is 6.84. The van der Waals surface area contributed by atoms with Crippen molar-refractivity contribution in [2.75, 3.05) is 131 Å². The van der Waals surface area contributed by atoms with Crippen molar-refractivity contribution in [2.24, 2.45) is 15.6 Å². The van der Waals surface area contributed by atoms with Crippen molar-refractivity contribution in [1.29, 1.82) is 0 Å². The van der Waals surface area contributed by atoms with Crippen molar-refractivity contribution < 1.29 is 37.9 Å². The normalized spacial score (nSPS) is 11.3. The fraction of sp³-hybridized carbons (Fsp3) is 1.00. The molecule has 0 fully saturated rings. The smallest absolute Gasteiger partial charge is 0.0701 e. The van der Waals surface area contributed by atoms with E-state index < -0.39 is 5.41 Å². The number of alkyl halides is 2. The van der Waals surface area contributed by atoms with E-state index in [1.165, 1.54) is 0 Å². The molecule has 0 aliphatic carbocycles. The van der Waals surface area contributed by atoms with E-state index in [2.05, 4.69) is 20.1 Å². The molecule has 216 valence electrons. The quantitative estimate of drug-likeness (QED) is 0.0413. The fourth-order valence-corrected chi connectivity index (χ4v) is 2.91. The first-order valence-corrected chi connectivity index (χ1v) is 13.1. The van der Waals surface area contributed by atoms with E-state index in [1.54, 1.807) is 0 Å². The van der Waals surface area contributed by atoms with Gasteiger partial charge in [0.05, 0.1) is 111 Å². The maximum absolute atomic E-state index is 8.30. The zero-order chi connectivity index (χ0) is 27.1. The summed E-state index contributed by atoms with van der Waals surface area (Å²) in [6.45, 7) is 6.17. The van der Waals surface area contributed by atoms with E-state index in [1.807, 2.05) is 0 Å². The molecule has 0 rings (SSSR count). The van der Waals surface area contributed by atoms with Gasteiger partial charge < -0.3 is 37.9 Å². The molecule has 14 nitrogen and oxygen atoms in total. The minimum atomic E-state index is -0.616. The van der Waals surface area contributed by atoms with E-state index in [0.717, 1.165) is 0 Å². The zero-order valence-electron chi connectivity index (χ0n) is 21.3. The summed E-state index contributed by atoms with van der Waals surface area (Å²) in [7, 11) is 0. The monoisotopic (exact) mass is 574 g/mol. The summed E-state index contributed by atoms with van der Waals surface area (Å²) >= 11 is 11.3. The third-order valence-corrected chi connectivity index (χ3v) is 4.67. The van der Waals surface area contributed by atoms with E-state index in [0.29, 0.717) is 104 Å². The molecule has 0 radical (unpaired) electrons. The number of hydrogen-bond acceptors (Lipinski definition) is 10. The highest BCUT2D eigenvalue weighted by atomic mass is 35.5. The molecule has 0 spiro atoms. The van der Waals surface area contributed by atoms with Gasteiger partial charge in [-0.2, -0.15) is 0 Å². The minimum Gasteiger partial charge on any atom is -0.379 e. The van der Waals surface area contributed by atoms with E-state index in [-0.39, 0.29) is 26.3 Å². The highest BCUT2D eigenvalue weighted by Crippen LogP contribution is 2.21. The largest absolute Gasteiger partial charge is 0.379 e. The summed E-state index contributed by atoms with van der Waals surface area (Å²) in [5.41, 5.74) is 16.0. The second-order valence-electron chi connectivity index (χ2n) is 7.45. The maximum atomic E-state index is 8.30. The van der Waals surface area contributed by atoms with Gasteiger partial charge in [0.25, 0.3) is 0 Å². The maximum Gasteiger partial charge on any atom is 0.0701 e. The van der Waals surface area contributed by atoms with Crippen LogP contribution >= 0.6 is 23.2 Å². The molecule has 0 aromatic rings. The Morgan fingerprint density at radius 1 is 0.459 bits per heavy atom. The Balaban J connectivity index is 4.82. The average molecular weight is 575 g/mol.